The van der Waals surface area contributed by atoms with Gasteiger partial charge in [0.05, 0.1) is 0 Å². The van der Waals surface area contributed by atoms with Crippen LogP contribution >= 0.6 is 0 Å². The molecule has 0 bridgehead atoms. The van der Waals surface area contributed by atoms with Gasteiger partial charge in [-0.15, -0.1) is 0 Å². The predicted molar refractivity (Wildman–Crippen MR) is 57.5 cm³/mol. The van der Waals surface area contributed by atoms with Crippen molar-refractivity contribution in [1.29, 1.82) is 0 Å². The molecule has 0 saturated carbocycles. The molecule has 0 spiro atoms. The van der Waals surface area contributed by atoms with Gasteiger partial charge in [-0.3, -0.25) is 14.2 Å². The second kappa shape index (κ2) is 8.22. The molecule has 1 N–H and O–H groups in total. The quantitative estimate of drug-likeness (QED) is 0.632. The summed E-state index contributed by atoms with van der Waals surface area (Å²) in [6.45, 7) is 9.64. The van der Waals surface area contributed by atoms with Crippen LogP contribution in [0.1, 0.15) is 33.5 Å². The first-order chi connectivity index (χ1) is 6.63. The highest BCUT2D eigenvalue weighted by Gasteiger charge is 1.97. The fourth-order valence-corrected chi connectivity index (χ4v) is 0.554. The summed E-state index contributed by atoms with van der Waals surface area (Å²) in [7, 11) is 1.50. The fourth-order valence-electron chi connectivity index (χ4n) is 0.554. The van der Waals surface area contributed by atoms with Crippen LogP contribution in [-0.2, 0) is 7.05 Å². The summed E-state index contributed by atoms with van der Waals surface area (Å²) in [4.78, 5) is 21.3. The fraction of sp³-hybridized carbons (Fsp3) is 0.667. The largest absolute Gasteiger partial charge is 0.330 e. The molecule has 82 valence electrons. The maximum absolute atomic E-state index is 10.8. The first kappa shape index (κ1) is 15.1. The molecule has 14 heavy (non-hydrogen) atoms. The molecule has 0 unspecified atom stereocenters. The number of rotatable bonds is 0. The molecule has 0 aromatic carbocycles. The molecule has 0 aliphatic rings. The van der Waals surface area contributed by atoms with Gasteiger partial charge in [-0.05, 0) is 6.92 Å². The molecule has 1 aromatic heterocycles. The average molecular weight is 201 g/mol. The lowest BCUT2D eigenvalue weighted by molar-refractivity contribution is 0.709. The molecule has 1 heterocycles. The Kier molecular flexibility index (Phi) is 8.86. The number of aromatic amines is 1. The number of nitrogens with one attached hydrogen (secondary N) is 1. The van der Waals surface area contributed by atoms with E-state index in [9.17, 15) is 9.59 Å². The second-order valence-corrected chi connectivity index (χ2v) is 1.96. The van der Waals surface area contributed by atoms with E-state index in [-0.39, 0.29) is 0 Å². The third-order valence-electron chi connectivity index (χ3n) is 1.30. The van der Waals surface area contributed by atoms with E-state index < -0.39 is 11.1 Å². The van der Waals surface area contributed by atoms with E-state index in [1.54, 1.807) is 6.92 Å². The Morgan fingerprint density at radius 1 is 1.14 bits per heavy atom. The van der Waals surface area contributed by atoms with Crippen LogP contribution in [0.25, 0.3) is 0 Å². The van der Waals surface area contributed by atoms with Crippen molar-refractivity contribution < 1.29 is 0 Å². The Balaban J connectivity index is 0. The van der Waals surface area contributed by atoms with Gasteiger partial charge in [0.25, 0.3) is 0 Å². The number of H-pyrrole nitrogens is 1. The van der Waals surface area contributed by atoms with Crippen LogP contribution in [0.4, 0.5) is 0 Å². The van der Waals surface area contributed by atoms with Crippen LogP contribution in [0.15, 0.2) is 9.59 Å². The first-order valence-corrected chi connectivity index (χ1v) is 4.75. The standard InChI is InChI=1S/C5H7N3O2.2C2H6/c1-3-6-7-4(9)5(10)8(3)2;2*1-2/h1-2H3,(H,7,9);2*1-2H3. The Hall–Kier alpha value is -1.39. The van der Waals surface area contributed by atoms with Crippen molar-refractivity contribution in [3.05, 3.63) is 26.5 Å². The Morgan fingerprint density at radius 3 is 1.93 bits per heavy atom. The van der Waals surface area contributed by atoms with Gasteiger partial charge in [-0.2, -0.15) is 5.10 Å². The zero-order valence-electron chi connectivity index (χ0n) is 9.71. The minimum Gasteiger partial charge on any atom is -0.294 e. The SMILES string of the molecule is CC.CC.Cc1n[nH]c(=O)c(=O)n1C. The summed E-state index contributed by atoms with van der Waals surface area (Å²) in [5.74, 6) is 0.490. The maximum atomic E-state index is 10.8. The summed E-state index contributed by atoms with van der Waals surface area (Å²) < 4.78 is 1.19. The smallest absolute Gasteiger partial charge is 0.294 e. The molecule has 1 rings (SSSR count). The zero-order chi connectivity index (χ0) is 11.7. The van der Waals surface area contributed by atoms with Crippen molar-refractivity contribution in [3.8, 4) is 0 Å². The number of hydrogen-bond donors (Lipinski definition) is 1. The highest BCUT2D eigenvalue weighted by Crippen LogP contribution is 1.75. The molecule has 0 amide bonds. The third-order valence-corrected chi connectivity index (χ3v) is 1.30. The molecule has 0 aliphatic heterocycles. The molecule has 0 atom stereocenters. The van der Waals surface area contributed by atoms with Gasteiger partial charge in [0.15, 0.2) is 0 Å². The summed E-state index contributed by atoms with van der Waals surface area (Å²) in [5, 5.41) is 5.63. The van der Waals surface area contributed by atoms with E-state index in [2.05, 4.69) is 10.2 Å². The highest BCUT2D eigenvalue weighted by atomic mass is 16.2. The Morgan fingerprint density at radius 2 is 1.57 bits per heavy atom. The number of nitrogens with zero attached hydrogens (tertiary/aromatic N) is 2. The lowest BCUT2D eigenvalue weighted by Crippen LogP contribution is -2.37. The number of aromatic nitrogens is 3. The molecule has 5 nitrogen and oxygen atoms in total. The van der Waals surface area contributed by atoms with Crippen molar-refractivity contribution >= 4 is 0 Å². The van der Waals surface area contributed by atoms with E-state index in [1.165, 1.54) is 11.6 Å². The molecule has 0 fully saturated rings. The third kappa shape index (κ3) is 4.02. The minimum atomic E-state index is -0.687. The van der Waals surface area contributed by atoms with Crippen molar-refractivity contribution in [2.24, 2.45) is 7.05 Å². The van der Waals surface area contributed by atoms with E-state index >= 15 is 0 Å². The van der Waals surface area contributed by atoms with Crippen LogP contribution in [0.2, 0.25) is 0 Å². The number of hydrogen-bond acceptors (Lipinski definition) is 3. The molecular formula is C9H19N3O2. The second-order valence-electron chi connectivity index (χ2n) is 1.96. The van der Waals surface area contributed by atoms with Crippen LogP contribution in [-0.4, -0.2) is 14.8 Å². The summed E-state index contributed by atoms with van der Waals surface area (Å²) in [5.41, 5.74) is -1.26. The molecule has 0 saturated heterocycles. The first-order valence-electron chi connectivity index (χ1n) is 4.75. The van der Waals surface area contributed by atoms with Gasteiger partial charge in [-0.25, -0.2) is 5.10 Å². The normalized spacial score (nSPS) is 7.86. The minimum absolute atomic E-state index is 0.490. The predicted octanol–water partition coefficient (Wildman–Crippen LogP) is 0.829. The maximum Gasteiger partial charge on any atom is 0.330 e. The van der Waals surface area contributed by atoms with Crippen molar-refractivity contribution in [2.75, 3.05) is 0 Å². The topological polar surface area (TPSA) is 67.8 Å². The summed E-state index contributed by atoms with van der Waals surface area (Å²) in [6, 6.07) is 0. The van der Waals surface area contributed by atoms with Crippen LogP contribution in [0.5, 0.6) is 0 Å². The molecule has 0 radical (unpaired) electrons. The lowest BCUT2D eigenvalue weighted by Gasteiger charge is -1.96. The summed E-state index contributed by atoms with van der Waals surface area (Å²) >= 11 is 0. The zero-order valence-corrected chi connectivity index (χ0v) is 9.71. The lowest BCUT2D eigenvalue weighted by atomic mass is 10.6. The van der Waals surface area contributed by atoms with Gasteiger partial charge >= 0.3 is 11.1 Å². The van der Waals surface area contributed by atoms with Crippen molar-refractivity contribution in [3.63, 3.8) is 0 Å². The molecule has 1 aromatic rings. The highest BCUT2D eigenvalue weighted by molar-refractivity contribution is 4.82. The number of aryl methyl sites for hydroxylation is 1. The van der Waals surface area contributed by atoms with Gasteiger partial charge in [0.1, 0.15) is 5.82 Å². The molecular weight excluding hydrogens is 182 g/mol. The van der Waals surface area contributed by atoms with E-state index in [4.69, 9.17) is 0 Å². The Labute approximate surface area is 83.8 Å². The summed E-state index contributed by atoms with van der Waals surface area (Å²) in [6.07, 6.45) is 0. The van der Waals surface area contributed by atoms with Gasteiger partial charge in [0, 0.05) is 7.05 Å². The van der Waals surface area contributed by atoms with Gasteiger partial charge < -0.3 is 0 Å². The average Bonchev–Trinajstić information content (AvgIpc) is 2.26. The monoisotopic (exact) mass is 201 g/mol. The van der Waals surface area contributed by atoms with Crippen LogP contribution in [0, 0.1) is 6.92 Å². The van der Waals surface area contributed by atoms with Gasteiger partial charge in [-0.1, -0.05) is 27.7 Å². The van der Waals surface area contributed by atoms with Crippen LogP contribution in [0.3, 0.4) is 0 Å². The van der Waals surface area contributed by atoms with Gasteiger partial charge in [0.2, 0.25) is 0 Å². The van der Waals surface area contributed by atoms with E-state index in [0.29, 0.717) is 5.82 Å². The molecule has 5 heteroatoms. The Bertz CT molecular complexity index is 352. The van der Waals surface area contributed by atoms with Crippen LogP contribution < -0.4 is 11.1 Å². The van der Waals surface area contributed by atoms with Crippen molar-refractivity contribution in [2.45, 2.75) is 34.6 Å². The van der Waals surface area contributed by atoms with Crippen molar-refractivity contribution in [1.82, 2.24) is 14.8 Å². The van der Waals surface area contributed by atoms with E-state index in [1.807, 2.05) is 27.7 Å². The van der Waals surface area contributed by atoms with E-state index in [0.717, 1.165) is 0 Å². The molecule has 0 aliphatic carbocycles.